The van der Waals surface area contributed by atoms with E-state index in [1.165, 1.54) is 16.8 Å². The number of aromatic nitrogens is 1. The van der Waals surface area contributed by atoms with Crippen LogP contribution in [0.5, 0.6) is 0 Å². The molecule has 2 aliphatic rings. The van der Waals surface area contributed by atoms with Crippen molar-refractivity contribution in [3.05, 3.63) is 54.2 Å². The number of anilines is 1. The Morgan fingerprint density at radius 3 is 2.80 bits per heavy atom. The monoisotopic (exact) mass is 493 g/mol. The second-order valence-electron chi connectivity index (χ2n) is 8.65. The molecule has 178 valence electrons. The van der Waals surface area contributed by atoms with Crippen molar-refractivity contribution in [1.82, 2.24) is 15.2 Å². The number of nitrogens with zero attached hydrogens (tertiary/aromatic N) is 4. The molecule has 35 heavy (non-hydrogen) atoms. The largest absolute Gasteiger partial charge is 0.364 e. The van der Waals surface area contributed by atoms with Crippen LogP contribution in [-0.2, 0) is 4.79 Å². The van der Waals surface area contributed by atoms with Crippen LogP contribution in [-0.4, -0.2) is 59.7 Å². The molecule has 2 aromatic carbocycles. The summed E-state index contributed by atoms with van der Waals surface area (Å²) in [5.41, 5.74) is 4.05. The molecule has 0 saturated carbocycles. The zero-order valence-corrected chi connectivity index (χ0v) is 19.6. The third-order valence-electron chi connectivity index (χ3n) is 6.24. The van der Waals surface area contributed by atoms with Gasteiger partial charge in [-0.3, -0.25) is 14.6 Å². The number of amides is 2. The highest BCUT2D eigenvalue weighted by atomic mass is 32.2. The first-order chi connectivity index (χ1) is 16.8. The Hall–Kier alpha value is -3.71. The van der Waals surface area contributed by atoms with Crippen LogP contribution in [0.15, 0.2) is 53.6 Å². The fourth-order valence-corrected chi connectivity index (χ4v) is 5.49. The van der Waals surface area contributed by atoms with Crippen LogP contribution < -0.4 is 10.2 Å². The molecule has 0 bridgehead atoms. The van der Waals surface area contributed by atoms with Gasteiger partial charge in [-0.05, 0) is 41.5 Å². The highest BCUT2D eigenvalue weighted by Crippen LogP contribution is 2.40. The van der Waals surface area contributed by atoms with Crippen molar-refractivity contribution < 1.29 is 18.4 Å². The molecule has 10 heteroatoms. The maximum absolute atomic E-state index is 13.7. The molecule has 1 unspecified atom stereocenters. The second-order valence-corrected chi connectivity index (χ2v) is 9.64. The molecule has 3 heterocycles. The van der Waals surface area contributed by atoms with Gasteiger partial charge in [0.25, 0.3) is 11.8 Å². The van der Waals surface area contributed by atoms with Gasteiger partial charge in [-0.25, -0.2) is 8.78 Å². The van der Waals surface area contributed by atoms with Crippen molar-refractivity contribution in [2.45, 2.75) is 23.3 Å². The van der Waals surface area contributed by atoms with Gasteiger partial charge in [0.05, 0.1) is 41.8 Å². The van der Waals surface area contributed by atoms with Crippen LogP contribution in [0.4, 0.5) is 14.5 Å². The summed E-state index contributed by atoms with van der Waals surface area (Å²) in [7, 11) is 2.05. The predicted octanol–water partition coefficient (Wildman–Crippen LogP) is 3.89. The third-order valence-corrected chi connectivity index (χ3v) is 7.40. The average Bonchev–Trinajstić information content (AvgIpc) is 3.39. The zero-order chi connectivity index (χ0) is 24.7. The lowest BCUT2D eigenvalue weighted by molar-refractivity contribution is -0.131. The van der Waals surface area contributed by atoms with E-state index in [1.54, 1.807) is 23.9 Å². The van der Waals surface area contributed by atoms with Crippen LogP contribution >= 0.6 is 11.8 Å². The molecule has 2 aliphatic heterocycles. The van der Waals surface area contributed by atoms with Crippen molar-refractivity contribution in [3.8, 4) is 17.2 Å². The van der Waals surface area contributed by atoms with Gasteiger partial charge in [0.2, 0.25) is 5.91 Å². The fraction of sp³-hybridized carbons (Fsp3) is 0.280. The van der Waals surface area contributed by atoms with Gasteiger partial charge in [-0.2, -0.15) is 5.26 Å². The number of benzene rings is 2. The average molecular weight is 494 g/mol. The molecule has 1 saturated heterocycles. The Morgan fingerprint density at radius 1 is 1.23 bits per heavy atom. The minimum absolute atomic E-state index is 0.323. The number of fused-ring (bicyclic) bond motifs is 2. The molecule has 1 atom stereocenters. The molecule has 5 rings (SSSR count). The molecule has 0 aliphatic carbocycles. The zero-order valence-electron chi connectivity index (χ0n) is 18.8. The van der Waals surface area contributed by atoms with Gasteiger partial charge in [-0.1, -0.05) is 12.1 Å². The summed E-state index contributed by atoms with van der Waals surface area (Å²) in [5.74, 6) is -3.45. The number of thioether (sulfide) groups is 1. The molecule has 1 aromatic heterocycles. The summed E-state index contributed by atoms with van der Waals surface area (Å²) >= 11 is 1.76. The number of likely N-dealkylation sites (tertiary alicyclic amines) is 1. The predicted molar refractivity (Wildman–Crippen MR) is 129 cm³/mol. The van der Waals surface area contributed by atoms with Crippen LogP contribution in [0, 0.1) is 11.3 Å². The first kappa shape index (κ1) is 23.1. The lowest BCUT2D eigenvalue weighted by atomic mass is 10.00. The van der Waals surface area contributed by atoms with E-state index in [9.17, 15) is 18.4 Å². The first-order valence-electron chi connectivity index (χ1n) is 11.0. The van der Waals surface area contributed by atoms with Crippen molar-refractivity contribution in [2.24, 2.45) is 0 Å². The fourth-order valence-electron chi connectivity index (χ4n) is 4.43. The molecular weight excluding hydrogens is 472 g/mol. The summed E-state index contributed by atoms with van der Waals surface area (Å²) in [4.78, 5) is 34.0. The van der Waals surface area contributed by atoms with Gasteiger partial charge in [0.1, 0.15) is 6.04 Å². The van der Waals surface area contributed by atoms with Crippen molar-refractivity contribution in [2.75, 3.05) is 30.9 Å². The molecule has 2 amide bonds. The number of hydrogen-bond donors (Lipinski definition) is 1. The minimum Gasteiger partial charge on any atom is -0.364 e. The number of rotatable bonds is 4. The van der Waals surface area contributed by atoms with Crippen molar-refractivity contribution in [3.63, 3.8) is 0 Å². The number of halogens is 2. The summed E-state index contributed by atoms with van der Waals surface area (Å²) in [6.45, 7) is -1.30. The van der Waals surface area contributed by atoms with Crippen LogP contribution in [0.3, 0.4) is 0 Å². The molecule has 1 fully saturated rings. The third kappa shape index (κ3) is 4.39. The first-order valence-corrected chi connectivity index (χ1v) is 12.0. The quantitative estimate of drug-likeness (QED) is 0.593. The van der Waals surface area contributed by atoms with Gasteiger partial charge < -0.3 is 15.1 Å². The Balaban J connectivity index is 1.37. The lowest BCUT2D eigenvalue weighted by Crippen LogP contribution is -2.43. The number of hydrogen-bond acceptors (Lipinski definition) is 6. The number of nitriles is 1. The van der Waals surface area contributed by atoms with Crippen molar-refractivity contribution >= 4 is 40.2 Å². The highest BCUT2D eigenvalue weighted by Gasteiger charge is 2.47. The molecular formula is C25H21F2N5O2S. The van der Waals surface area contributed by atoms with Gasteiger partial charge >= 0.3 is 0 Å². The SMILES string of the molecule is CN1CSc2cc(-c3ccc4nccc(C(=O)NCC(=O)N5CC(F)(F)CC5C#N)c4c3)ccc21. The Labute approximate surface area is 204 Å². The molecule has 3 aromatic rings. The van der Waals surface area contributed by atoms with Gasteiger partial charge in [0, 0.05) is 29.9 Å². The molecule has 0 spiro atoms. The number of alkyl halides is 2. The Morgan fingerprint density at radius 2 is 2.00 bits per heavy atom. The van der Waals surface area contributed by atoms with E-state index >= 15 is 0 Å². The highest BCUT2D eigenvalue weighted by molar-refractivity contribution is 7.99. The van der Waals surface area contributed by atoms with Crippen molar-refractivity contribution in [1.29, 1.82) is 5.26 Å². The van der Waals surface area contributed by atoms with Gasteiger partial charge in [0.15, 0.2) is 0 Å². The number of carbonyl (C=O) groups excluding carboxylic acids is 2. The number of nitrogens with one attached hydrogen (secondary N) is 1. The smallest absolute Gasteiger partial charge is 0.268 e. The summed E-state index contributed by atoms with van der Waals surface area (Å²) in [6, 6.07) is 14.0. The second kappa shape index (κ2) is 8.82. The van der Waals surface area contributed by atoms with Crippen LogP contribution in [0.25, 0.3) is 22.0 Å². The van der Waals surface area contributed by atoms with E-state index in [4.69, 9.17) is 5.26 Å². The topological polar surface area (TPSA) is 89.3 Å². The Kier molecular flexibility index (Phi) is 5.81. The Bertz CT molecular complexity index is 1390. The van der Waals surface area contributed by atoms with Gasteiger partial charge in [-0.15, -0.1) is 11.8 Å². The van der Waals surface area contributed by atoms with E-state index in [-0.39, 0.29) is 0 Å². The van der Waals surface area contributed by atoms with E-state index in [0.29, 0.717) is 16.5 Å². The van der Waals surface area contributed by atoms with Crippen LogP contribution in [0.2, 0.25) is 0 Å². The normalized spacial score (nSPS) is 18.4. The van der Waals surface area contributed by atoms with E-state index < -0.39 is 43.3 Å². The minimum atomic E-state index is -3.11. The summed E-state index contributed by atoms with van der Waals surface area (Å²) < 4.78 is 27.3. The van der Waals surface area contributed by atoms with E-state index in [1.807, 2.05) is 31.3 Å². The van der Waals surface area contributed by atoms with E-state index in [2.05, 4.69) is 27.3 Å². The standard InChI is InChI=1S/C25H21F2N5O2S/c1-31-14-35-22-9-16(3-5-21(22)31)15-2-4-20-19(8-15)18(6-7-29-20)24(34)30-12-23(33)32-13-25(26,27)10-17(32)11-28/h2-9,17H,10,12-14H2,1H3,(H,30,34). The van der Waals surface area contributed by atoms with E-state index in [0.717, 1.165) is 21.9 Å². The number of carbonyl (C=O) groups is 2. The molecule has 0 radical (unpaired) electrons. The summed E-state index contributed by atoms with van der Waals surface area (Å²) in [6.07, 6.45) is 0.811. The maximum atomic E-state index is 13.7. The molecule has 1 N–H and O–H groups in total. The number of pyridine rings is 1. The maximum Gasteiger partial charge on any atom is 0.268 e. The summed E-state index contributed by atoms with van der Waals surface area (Å²) in [5, 5.41) is 12.2. The molecule has 7 nitrogen and oxygen atoms in total. The lowest BCUT2D eigenvalue weighted by Gasteiger charge is -2.19. The van der Waals surface area contributed by atoms with Crippen LogP contribution in [0.1, 0.15) is 16.8 Å².